The molecule has 0 radical (unpaired) electrons. The SMILES string of the molecule is CCC(CNC(=O)c1cccc(OC(F)F)c1)C(=O)O. The summed E-state index contributed by atoms with van der Waals surface area (Å²) in [4.78, 5) is 22.6. The van der Waals surface area contributed by atoms with Crippen LogP contribution in [0.5, 0.6) is 5.75 Å². The predicted octanol–water partition coefficient (Wildman–Crippen LogP) is 2.13. The van der Waals surface area contributed by atoms with Crippen LogP contribution in [0, 0.1) is 5.92 Å². The van der Waals surface area contributed by atoms with Gasteiger partial charge in [-0.2, -0.15) is 8.78 Å². The van der Waals surface area contributed by atoms with Gasteiger partial charge < -0.3 is 15.2 Å². The van der Waals surface area contributed by atoms with Crippen molar-refractivity contribution >= 4 is 11.9 Å². The summed E-state index contributed by atoms with van der Waals surface area (Å²) in [6.45, 7) is -1.29. The maximum absolute atomic E-state index is 12.1. The Morgan fingerprint density at radius 1 is 1.40 bits per heavy atom. The summed E-state index contributed by atoms with van der Waals surface area (Å²) < 4.78 is 28.3. The molecule has 0 saturated heterocycles. The second-order valence-corrected chi connectivity index (χ2v) is 4.06. The summed E-state index contributed by atoms with van der Waals surface area (Å²) in [5.74, 6) is -2.34. The number of carboxylic acid groups (broad SMARTS) is 1. The lowest BCUT2D eigenvalue weighted by Crippen LogP contribution is -2.32. The van der Waals surface area contributed by atoms with Crippen LogP contribution in [0.25, 0.3) is 0 Å². The van der Waals surface area contributed by atoms with Crippen molar-refractivity contribution in [3.05, 3.63) is 29.8 Å². The Hall–Kier alpha value is -2.18. The first-order valence-electron chi connectivity index (χ1n) is 6.00. The quantitative estimate of drug-likeness (QED) is 0.805. The van der Waals surface area contributed by atoms with Crippen LogP contribution in [0.3, 0.4) is 0 Å². The molecule has 1 rings (SSSR count). The fourth-order valence-corrected chi connectivity index (χ4v) is 1.54. The van der Waals surface area contributed by atoms with E-state index >= 15 is 0 Å². The average molecular weight is 287 g/mol. The lowest BCUT2D eigenvalue weighted by molar-refractivity contribution is -0.141. The normalized spacial score (nSPS) is 12.0. The number of hydrogen-bond acceptors (Lipinski definition) is 3. The van der Waals surface area contributed by atoms with Crippen molar-refractivity contribution in [3.8, 4) is 5.75 Å². The summed E-state index contributed by atoms with van der Waals surface area (Å²) in [5, 5.41) is 11.3. The van der Waals surface area contributed by atoms with Crippen LogP contribution in [0.1, 0.15) is 23.7 Å². The van der Waals surface area contributed by atoms with E-state index in [1.807, 2.05) is 0 Å². The largest absolute Gasteiger partial charge is 0.481 e. The van der Waals surface area contributed by atoms with E-state index in [0.29, 0.717) is 6.42 Å². The zero-order valence-electron chi connectivity index (χ0n) is 10.8. The van der Waals surface area contributed by atoms with Crippen LogP contribution < -0.4 is 10.1 Å². The third-order valence-corrected chi connectivity index (χ3v) is 2.67. The molecule has 0 heterocycles. The third-order valence-electron chi connectivity index (χ3n) is 2.67. The molecule has 0 fully saturated rings. The highest BCUT2D eigenvalue weighted by Gasteiger charge is 2.16. The van der Waals surface area contributed by atoms with Crippen molar-refractivity contribution in [1.29, 1.82) is 0 Å². The molecule has 1 atom stereocenters. The van der Waals surface area contributed by atoms with Crippen molar-refractivity contribution in [2.24, 2.45) is 5.92 Å². The van der Waals surface area contributed by atoms with Gasteiger partial charge in [0.2, 0.25) is 0 Å². The predicted molar refractivity (Wildman–Crippen MR) is 66.8 cm³/mol. The Morgan fingerprint density at radius 2 is 2.10 bits per heavy atom. The molecule has 0 aliphatic carbocycles. The van der Waals surface area contributed by atoms with Gasteiger partial charge in [0.1, 0.15) is 5.75 Å². The monoisotopic (exact) mass is 287 g/mol. The molecule has 1 amide bonds. The first-order chi connectivity index (χ1) is 9.43. The standard InChI is InChI=1S/C13H15F2NO4/c1-2-8(12(18)19)7-16-11(17)9-4-3-5-10(6-9)20-13(14)15/h3-6,8,13H,2,7H2,1H3,(H,16,17)(H,18,19). The molecule has 1 aromatic carbocycles. The van der Waals surface area contributed by atoms with Crippen molar-refractivity contribution in [2.45, 2.75) is 20.0 Å². The van der Waals surface area contributed by atoms with Gasteiger partial charge in [0.15, 0.2) is 0 Å². The van der Waals surface area contributed by atoms with Crippen LogP contribution in [0.2, 0.25) is 0 Å². The Morgan fingerprint density at radius 3 is 2.65 bits per heavy atom. The third kappa shape index (κ3) is 4.83. The Labute approximate surface area is 114 Å². The van der Waals surface area contributed by atoms with Gasteiger partial charge in [0.25, 0.3) is 5.91 Å². The minimum Gasteiger partial charge on any atom is -0.481 e. The molecular weight excluding hydrogens is 272 g/mol. The van der Waals surface area contributed by atoms with E-state index in [-0.39, 0.29) is 17.9 Å². The van der Waals surface area contributed by atoms with E-state index in [1.165, 1.54) is 24.3 Å². The number of carboxylic acids is 1. The molecule has 5 nitrogen and oxygen atoms in total. The van der Waals surface area contributed by atoms with Crippen molar-refractivity contribution < 1.29 is 28.2 Å². The molecule has 0 bridgehead atoms. The number of rotatable bonds is 7. The van der Waals surface area contributed by atoms with Gasteiger partial charge in [0, 0.05) is 12.1 Å². The summed E-state index contributed by atoms with van der Waals surface area (Å²) in [6.07, 6.45) is 0.379. The zero-order valence-corrected chi connectivity index (χ0v) is 10.8. The maximum atomic E-state index is 12.1. The second kappa shape index (κ2) is 7.42. The van der Waals surface area contributed by atoms with E-state index in [9.17, 15) is 18.4 Å². The highest BCUT2D eigenvalue weighted by atomic mass is 19.3. The van der Waals surface area contributed by atoms with Crippen molar-refractivity contribution in [3.63, 3.8) is 0 Å². The second-order valence-electron chi connectivity index (χ2n) is 4.06. The van der Waals surface area contributed by atoms with Crippen molar-refractivity contribution in [2.75, 3.05) is 6.54 Å². The fourth-order valence-electron chi connectivity index (χ4n) is 1.54. The first kappa shape index (κ1) is 15.9. The lowest BCUT2D eigenvalue weighted by Gasteiger charge is -2.11. The molecule has 0 aromatic heterocycles. The molecule has 110 valence electrons. The molecular formula is C13H15F2NO4. The molecule has 0 spiro atoms. The van der Waals surface area contributed by atoms with Crippen LogP contribution in [-0.2, 0) is 4.79 Å². The summed E-state index contributed by atoms with van der Waals surface area (Å²) in [6, 6.07) is 5.30. The lowest BCUT2D eigenvalue weighted by atomic mass is 10.1. The molecule has 0 aliphatic rings. The van der Waals surface area contributed by atoms with Gasteiger partial charge in [0.05, 0.1) is 5.92 Å². The molecule has 1 aromatic rings. The van der Waals surface area contributed by atoms with Crippen LogP contribution >= 0.6 is 0 Å². The first-order valence-corrected chi connectivity index (χ1v) is 6.00. The number of nitrogens with one attached hydrogen (secondary N) is 1. The summed E-state index contributed by atoms with van der Waals surface area (Å²) in [5.41, 5.74) is 0.128. The van der Waals surface area contributed by atoms with Crippen LogP contribution in [0.4, 0.5) is 8.78 Å². The van der Waals surface area contributed by atoms with Crippen LogP contribution in [-0.4, -0.2) is 30.1 Å². The average Bonchev–Trinajstić information content (AvgIpc) is 2.38. The Bertz CT molecular complexity index is 479. The number of ether oxygens (including phenoxy) is 1. The van der Waals surface area contributed by atoms with Gasteiger partial charge in [-0.25, -0.2) is 0 Å². The van der Waals surface area contributed by atoms with E-state index < -0.39 is 24.4 Å². The number of carbonyl (C=O) groups is 2. The summed E-state index contributed by atoms with van der Waals surface area (Å²) >= 11 is 0. The van der Waals surface area contributed by atoms with Gasteiger partial charge in [-0.3, -0.25) is 9.59 Å². The molecule has 0 saturated carbocycles. The van der Waals surface area contributed by atoms with E-state index in [1.54, 1.807) is 6.92 Å². The highest BCUT2D eigenvalue weighted by Crippen LogP contribution is 2.16. The number of carbonyl (C=O) groups excluding carboxylic acids is 1. The number of halogens is 2. The number of alkyl halides is 2. The Kier molecular flexibility index (Phi) is 5.89. The van der Waals surface area contributed by atoms with E-state index in [2.05, 4.69) is 10.1 Å². The number of aliphatic carboxylic acids is 1. The minimum atomic E-state index is -2.97. The maximum Gasteiger partial charge on any atom is 0.387 e. The van der Waals surface area contributed by atoms with Gasteiger partial charge >= 0.3 is 12.6 Å². The van der Waals surface area contributed by atoms with Crippen LogP contribution in [0.15, 0.2) is 24.3 Å². The molecule has 2 N–H and O–H groups in total. The number of benzene rings is 1. The van der Waals surface area contributed by atoms with Gasteiger partial charge in [-0.15, -0.1) is 0 Å². The Balaban J connectivity index is 2.65. The van der Waals surface area contributed by atoms with Gasteiger partial charge in [-0.05, 0) is 24.6 Å². The molecule has 1 unspecified atom stereocenters. The number of hydrogen-bond donors (Lipinski definition) is 2. The van der Waals surface area contributed by atoms with E-state index in [0.717, 1.165) is 0 Å². The molecule has 7 heteroatoms. The summed E-state index contributed by atoms with van der Waals surface area (Å²) in [7, 11) is 0. The highest BCUT2D eigenvalue weighted by molar-refractivity contribution is 5.94. The smallest absolute Gasteiger partial charge is 0.387 e. The zero-order chi connectivity index (χ0) is 15.1. The molecule has 20 heavy (non-hydrogen) atoms. The van der Waals surface area contributed by atoms with E-state index in [4.69, 9.17) is 5.11 Å². The van der Waals surface area contributed by atoms with Gasteiger partial charge in [-0.1, -0.05) is 13.0 Å². The minimum absolute atomic E-state index is 0.0232. The van der Waals surface area contributed by atoms with Crippen molar-refractivity contribution in [1.82, 2.24) is 5.32 Å². The number of amides is 1. The molecule has 0 aliphatic heterocycles. The fraction of sp³-hybridized carbons (Fsp3) is 0.385. The topological polar surface area (TPSA) is 75.6 Å².